The molecule has 5 nitrogen and oxygen atoms in total. The highest BCUT2D eigenvalue weighted by atomic mass is 16.5. The van der Waals surface area contributed by atoms with E-state index in [4.69, 9.17) is 15.3 Å². The first kappa shape index (κ1) is 7.88. The molecule has 0 aromatic heterocycles. The Hall–Kier alpha value is -1.75. The van der Waals surface area contributed by atoms with Crippen LogP contribution in [0.4, 0.5) is 0 Å². The Bertz CT molecular complexity index is 317. The molecule has 0 aromatic rings. The van der Waals surface area contributed by atoms with Gasteiger partial charge in [0.05, 0.1) is 25.2 Å². The molecule has 0 unspecified atom stereocenters. The number of hydrogen-bond donors (Lipinski definition) is 1. The summed E-state index contributed by atoms with van der Waals surface area (Å²) in [7, 11) is 0. The van der Waals surface area contributed by atoms with Gasteiger partial charge in [-0.2, -0.15) is 0 Å². The van der Waals surface area contributed by atoms with Crippen LogP contribution in [0, 0.1) is 0 Å². The van der Waals surface area contributed by atoms with E-state index < -0.39 is 0 Å². The molecular weight excluding hydrogens is 170 g/mol. The van der Waals surface area contributed by atoms with Crippen LogP contribution in [0.3, 0.4) is 0 Å². The molecule has 2 N–H and O–H groups in total. The van der Waals surface area contributed by atoms with E-state index >= 15 is 0 Å². The number of aliphatic imine (C=N–C) groups is 1. The molecule has 0 aliphatic carbocycles. The highest BCUT2D eigenvalue weighted by molar-refractivity contribution is 5.78. The quantitative estimate of drug-likeness (QED) is 0.548. The van der Waals surface area contributed by atoms with Crippen molar-refractivity contribution < 1.29 is 9.47 Å². The van der Waals surface area contributed by atoms with E-state index in [-0.39, 0.29) is 0 Å². The van der Waals surface area contributed by atoms with Gasteiger partial charge in [-0.15, -0.1) is 0 Å². The van der Waals surface area contributed by atoms with Crippen LogP contribution in [-0.2, 0) is 9.47 Å². The van der Waals surface area contributed by atoms with Crippen LogP contribution in [0.5, 0.6) is 0 Å². The third kappa shape index (κ3) is 1.70. The third-order valence-electron chi connectivity index (χ3n) is 1.60. The summed E-state index contributed by atoms with van der Waals surface area (Å²) in [4.78, 5) is 3.91. The Labute approximate surface area is 75.4 Å². The van der Waals surface area contributed by atoms with Crippen molar-refractivity contribution in [2.24, 2.45) is 10.8 Å². The average molecular weight is 179 g/mol. The second-order valence-electron chi connectivity index (χ2n) is 2.54. The topological polar surface area (TPSA) is 60.1 Å². The van der Waals surface area contributed by atoms with Crippen molar-refractivity contribution in [2.45, 2.75) is 0 Å². The summed E-state index contributed by atoms with van der Waals surface area (Å²) in [5, 5.41) is 1.50. The first-order chi connectivity index (χ1) is 6.36. The molecule has 2 rings (SSSR count). The maximum absolute atomic E-state index is 5.55. The molecule has 5 heteroatoms. The van der Waals surface area contributed by atoms with Gasteiger partial charge < -0.3 is 14.5 Å². The zero-order chi connectivity index (χ0) is 9.10. The monoisotopic (exact) mass is 179 g/mol. The predicted molar refractivity (Wildman–Crippen MR) is 46.9 cm³/mol. The molecule has 0 saturated heterocycles. The molecule has 0 aromatic carbocycles. The number of allylic oxidation sites excluding steroid dienone is 1. The molecule has 68 valence electrons. The second-order valence-corrected chi connectivity index (χ2v) is 2.54. The molecule has 0 fully saturated rings. The Morgan fingerprint density at radius 1 is 1.38 bits per heavy atom. The van der Waals surface area contributed by atoms with Crippen molar-refractivity contribution in [1.82, 2.24) is 5.01 Å². The highest BCUT2D eigenvalue weighted by Gasteiger charge is 2.13. The van der Waals surface area contributed by atoms with Crippen LogP contribution in [0.25, 0.3) is 0 Å². The van der Waals surface area contributed by atoms with Gasteiger partial charge in [0.1, 0.15) is 12.5 Å². The van der Waals surface area contributed by atoms with Crippen LogP contribution in [0.1, 0.15) is 0 Å². The fourth-order valence-corrected chi connectivity index (χ4v) is 1.00. The summed E-state index contributed by atoms with van der Waals surface area (Å²) in [6, 6.07) is 0. The van der Waals surface area contributed by atoms with Gasteiger partial charge in [-0.25, -0.2) is 5.84 Å². The minimum absolute atomic E-state index is 0.478. The molecule has 0 saturated carbocycles. The average Bonchev–Trinajstić information content (AvgIpc) is 2.19. The summed E-state index contributed by atoms with van der Waals surface area (Å²) < 4.78 is 10.4. The molecule has 0 amide bonds. The summed E-state index contributed by atoms with van der Waals surface area (Å²) in [6.07, 6.45) is 7.78. The van der Waals surface area contributed by atoms with E-state index in [1.54, 1.807) is 18.6 Å². The van der Waals surface area contributed by atoms with Crippen molar-refractivity contribution in [2.75, 3.05) is 6.54 Å². The maximum atomic E-state index is 5.55. The van der Waals surface area contributed by atoms with Crippen LogP contribution in [-0.4, -0.2) is 17.8 Å². The third-order valence-corrected chi connectivity index (χ3v) is 1.60. The van der Waals surface area contributed by atoms with E-state index in [0.29, 0.717) is 18.1 Å². The normalized spacial score (nSPS) is 25.8. The number of rotatable bonds is 0. The van der Waals surface area contributed by atoms with E-state index in [1.807, 2.05) is 0 Å². The van der Waals surface area contributed by atoms with Gasteiger partial charge in [0.25, 0.3) is 0 Å². The number of nitrogens with two attached hydrogens (primary N) is 1. The SMILES string of the molecule is NN1C=COC(=C2C=NC=CO2)C1. The summed E-state index contributed by atoms with van der Waals surface area (Å²) in [5.74, 6) is 6.78. The van der Waals surface area contributed by atoms with Gasteiger partial charge in [0.2, 0.25) is 0 Å². The van der Waals surface area contributed by atoms with E-state index in [9.17, 15) is 0 Å². The first-order valence-electron chi connectivity index (χ1n) is 3.79. The van der Waals surface area contributed by atoms with Crippen molar-refractivity contribution in [3.05, 3.63) is 36.4 Å². The molecule has 13 heavy (non-hydrogen) atoms. The molecule has 2 aliphatic rings. The largest absolute Gasteiger partial charge is 0.462 e. The van der Waals surface area contributed by atoms with Crippen LogP contribution < -0.4 is 5.84 Å². The molecule has 0 bridgehead atoms. The zero-order valence-electron chi connectivity index (χ0n) is 6.88. The zero-order valence-corrected chi connectivity index (χ0v) is 6.88. The van der Waals surface area contributed by atoms with Gasteiger partial charge in [0.15, 0.2) is 11.5 Å². The standard InChI is InChI=1S/C8H9N3O2/c9-11-2-4-13-8(6-11)7-5-10-1-3-12-7/h1-5H,6,9H2. The smallest absolute Gasteiger partial charge is 0.184 e. The molecular formula is C8H9N3O2. The number of nitrogens with zero attached hydrogens (tertiary/aromatic N) is 2. The van der Waals surface area contributed by atoms with Gasteiger partial charge in [-0.05, 0) is 0 Å². The number of ether oxygens (including phenoxy) is 2. The van der Waals surface area contributed by atoms with E-state index in [0.717, 1.165) is 0 Å². The lowest BCUT2D eigenvalue weighted by Gasteiger charge is -2.21. The van der Waals surface area contributed by atoms with Crippen LogP contribution in [0.15, 0.2) is 41.4 Å². The minimum atomic E-state index is 0.478. The lowest BCUT2D eigenvalue weighted by atomic mass is 10.3. The highest BCUT2D eigenvalue weighted by Crippen LogP contribution is 2.14. The van der Waals surface area contributed by atoms with Gasteiger partial charge >= 0.3 is 0 Å². The lowest BCUT2D eigenvalue weighted by molar-refractivity contribution is 0.220. The predicted octanol–water partition coefficient (Wildman–Crippen LogP) is 0.447. The molecule has 0 spiro atoms. The molecule has 2 aliphatic heterocycles. The Morgan fingerprint density at radius 2 is 2.31 bits per heavy atom. The molecule has 2 heterocycles. The maximum Gasteiger partial charge on any atom is 0.184 e. The fourth-order valence-electron chi connectivity index (χ4n) is 1.00. The van der Waals surface area contributed by atoms with Crippen molar-refractivity contribution in [3.8, 4) is 0 Å². The minimum Gasteiger partial charge on any atom is -0.462 e. The fraction of sp³-hybridized carbons (Fsp3) is 0.125. The van der Waals surface area contributed by atoms with Crippen molar-refractivity contribution in [3.63, 3.8) is 0 Å². The second kappa shape index (κ2) is 3.32. The lowest BCUT2D eigenvalue weighted by Crippen LogP contribution is -2.31. The number of hydrogen-bond acceptors (Lipinski definition) is 5. The Morgan fingerprint density at radius 3 is 3.00 bits per heavy atom. The van der Waals surface area contributed by atoms with Crippen molar-refractivity contribution >= 4 is 6.21 Å². The number of hydrazine groups is 1. The van der Waals surface area contributed by atoms with Gasteiger partial charge in [0, 0.05) is 0 Å². The first-order valence-corrected chi connectivity index (χ1v) is 3.79. The molecule has 0 atom stereocenters. The van der Waals surface area contributed by atoms with E-state index in [1.165, 1.54) is 17.5 Å². The van der Waals surface area contributed by atoms with Gasteiger partial charge in [-0.1, -0.05) is 0 Å². The van der Waals surface area contributed by atoms with E-state index in [2.05, 4.69) is 4.99 Å². The Balaban J connectivity index is 2.19. The van der Waals surface area contributed by atoms with Crippen molar-refractivity contribution in [1.29, 1.82) is 0 Å². The van der Waals surface area contributed by atoms with Gasteiger partial charge in [-0.3, -0.25) is 4.99 Å². The summed E-state index contributed by atoms with van der Waals surface area (Å²) >= 11 is 0. The molecule has 0 radical (unpaired) electrons. The van der Waals surface area contributed by atoms with Crippen LogP contribution >= 0.6 is 0 Å². The summed E-state index contributed by atoms with van der Waals surface area (Å²) in [6.45, 7) is 0.478. The Kier molecular flexibility index (Phi) is 2.01. The van der Waals surface area contributed by atoms with Crippen LogP contribution in [0.2, 0.25) is 0 Å². The summed E-state index contributed by atoms with van der Waals surface area (Å²) in [5.41, 5.74) is 0.